The predicted octanol–water partition coefficient (Wildman–Crippen LogP) is 1.41. The zero-order valence-corrected chi connectivity index (χ0v) is 14.8. The molecule has 3 aromatic rings. The molecular formula is C17H20N6O2. The Morgan fingerprint density at radius 1 is 1.28 bits per heavy atom. The van der Waals surface area contributed by atoms with E-state index in [9.17, 15) is 14.9 Å². The monoisotopic (exact) mass is 340 g/mol. The van der Waals surface area contributed by atoms with Crippen LogP contribution in [0.15, 0.2) is 15.7 Å². The summed E-state index contributed by atoms with van der Waals surface area (Å²) in [4.78, 5) is 31.5. The van der Waals surface area contributed by atoms with E-state index in [1.54, 1.807) is 22.2 Å². The Morgan fingerprint density at radius 3 is 2.60 bits per heavy atom. The molecule has 0 saturated heterocycles. The van der Waals surface area contributed by atoms with E-state index in [-0.39, 0.29) is 0 Å². The van der Waals surface area contributed by atoms with Crippen LogP contribution in [0.3, 0.4) is 0 Å². The van der Waals surface area contributed by atoms with E-state index in [0.717, 1.165) is 24.1 Å². The molecular weight excluding hydrogens is 320 g/mol. The van der Waals surface area contributed by atoms with Gasteiger partial charge in [-0.3, -0.25) is 14.3 Å². The zero-order chi connectivity index (χ0) is 18.3. The van der Waals surface area contributed by atoms with Crippen LogP contribution in [-0.2, 0) is 20.6 Å². The van der Waals surface area contributed by atoms with Crippen molar-refractivity contribution in [3.8, 4) is 17.5 Å². The highest BCUT2D eigenvalue weighted by Crippen LogP contribution is 2.27. The predicted molar refractivity (Wildman–Crippen MR) is 94.4 cm³/mol. The van der Waals surface area contributed by atoms with Crippen molar-refractivity contribution in [3.05, 3.63) is 38.3 Å². The molecule has 130 valence electrons. The fraction of sp³-hybridized carbons (Fsp3) is 0.412. The number of nitriles is 1. The Hall–Kier alpha value is -3.08. The minimum atomic E-state index is -0.455. The van der Waals surface area contributed by atoms with Crippen molar-refractivity contribution >= 4 is 11.2 Å². The van der Waals surface area contributed by atoms with Gasteiger partial charge >= 0.3 is 5.69 Å². The van der Waals surface area contributed by atoms with E-state index < -0.39 is 11.2 Å². The normalized spacial score (nSPS) is 11.2. The summed E-state index contributed by atoms with van der Waals surface area (Å²) in [5, 5.41) is 9.24. The highest BCUT2D eigenvalue weighted by atomic mass is 16.2. The molecule has 0 aliphatic rings. The van der Waals surface area contributed by atoms with Gasteiger partial charge in [-0.25, -0.2) is 9.78 Å². The van der Waals surface area contributed by atoms with Crippen LogP contribution >= 0.6 is 0 Å². The molecule has 0 saturated carbocycles. The van der Waals surface area contributed by atoms with Crippen molar-refractivity contribution in [1.82, 2.24) is 23.7 Å². The van der Waals surface area contributed by atoms with Crippen molar-refractivity contribution in [2.24, 2.45) is 14.1 Å². The number of hydrogen-bond acceptors (Lipinski definition) is 4. The quantitative estimate of drug-likeness (QED) is 0.776. The third kappa shape index (κ3) is 2.48. The lowest BCUT2D eigenvalue weighted by Gasteiger charge is -2.04. The van der Waals surface area contributed by atoms with Gasteiger partial charge in [0.2, 0.25) is 0 Å². The van der Waals surface area contributed by atoms with E-state index in [4.69, 9.17) is 0 Å². The third-order valence-electron chi connectivity index (χ3n) is 4.64. The average molecular weight is 340 g/mol. The van der Waals surface area contributed by atoms with Crippen molar-refractivity contribution < 1.29 is 0 Å². The summed E-state index contributed by atoms with van der Waals surface area (Å²) in [5.74, 6) is 0.561. The van der Waals surface area contributed by atoms with Gasteiger partial charge in [-0.1, -0.05) is 13.3 Å². The van der Waals surface area contributed by atoms with Crippen LogP contribution in [0, 0.1) is 18.3 Å². The van der Waals surface area contributed by atoms with Gasteiger partial charge in [0.05, 0.1) is 0 Å². The fourth-order valence-electron chi connectivity index (χ4n) is 3.04. The van der Waals surface area contributed by atoms with Gasteiger partial charge in [-0.2, -0.15) is 5.26 Å². The molecule has 0 radical (unpaired) electrons. The van der Waals surface area contributed by atoms with Crippen LogP contribution in [-0.4, -0.2) is 23.7 Å². The molecule has 3 heterocycles. The number of aromatic nitrogens is 5. The lowest BCUT2D eigenvalue weighted by atomic mass is 10.2. The van der Waals surface area contributed by atoms with E-state index in [0.29, 0.717) is 29.2 Å². The second-order valence-corrected chi connectivity index (χ2v) is 6.13. The van der Waals surface area contributed by atoms with E-state index >= 15 is 0 Å². The maximum atomic E-state index is 12.3. The molecule has 1 N–H and O–H groups in total. The van der Waals surface area contributed by atoms with Crippen LogP contribution in [0.1, 0.15) is 31.2 Å². The number of aromatic amines is 1. The second kappa shape index (κ2) is 6.09. The highest BCUT2D eigenvalue weighted by Gasteiger charge is 2.20. The first-order chi connectivity index (χ1) is 11.9. The van der Waals surface area contributed by atoms with E-state index in [1.807, 2.05) is 20.9 Å². The zero-order valence-electron chi connectivity index (χ0n) is 14.8. The molecule has 0 atom stereocenters. The number of unbranched alkanes of at least 4 members (excludes halogenated alkanes) is 1. The average Bonchev–Trinajstić information content (AvgIpc) is 3.06. The van der Waals surface area contributed by atoms with Crippen LogP contribution in [0.2, 0.25) is 0 Å². The minimum absolute atomic E-state index is 0.354. The Bertz CT molecular complexity index is 1120. The summed E-state index contributed by atoms with van der Waals surface area (Å²) < 4.78 is 4.97. The van der Waals surface area contributed by atoms with E-state index in [2.05, 4.69) is 16.0 Å². The van der Waals surface area contributed by atoms with Gasteiger partial charge in [0.15, 0.2) is 11.2 Å². The Balaban J connectivity index is 2.34. The van der Waals surface area contributed by atoms with Crippen LogP contribution in [0.5, 0.6) is 0 Å². The summed E-state index contributed by atoms with van der Waals surface area (Å²) >= 11 is 0. The molecule has 8 heteroatoms. The molecule has 0 unspecified atom stereocenters. The summed E-state index contributed by atoms with van der Waals surface area (Å²) in [6.45, 7) is 4.43. The van der Waals surface area contributed by atoms with Gasteiger partial charge in [0, 0.05) is 31.9 Å². The SMILES string of the molecule is CCCCn1c(=O)[nH]c(=O)c2c1nc(-c1cc(C#N)n(C)c1C)n2C. The van der Waals surface area contributed by atoms with Gasteiger partial charge in [-0.15, -0.1) is 0 Å². The molecule has 0 aliphatic carbocycles. The molecule has 0 amide bonds. The van der Waals surface area contributed by atoms with Crippen molar-refractivity contribution in [3.63, 3.8) is 0 Å². The largest absolute Gasteiger partial charge is 0.339 e. The van der Waals surface area contributed by atoms with Gasteiger partial charge in [0.25, 0.3) is 5.56 Å². The molecule has 3 aromatic heterocycles. The number of imidazole rings is 1. The van der Waals surface area contributed by atoms with Crippen LogP contribution in [0.25, 0.3) is 22.6 Å². The molecule has 0 bridgehead atoms. The number of nitrogens with one attached hydrogen (secondary N) is 1. The summed E-state index contributed by atoms with van der Waals surface area (Å²) in [6, 6.07) is 3.89. The van der Waals surface area contributed by atoms with Crippen molar-refractivity contribution in [1.29, 1.82) is 5.26 Å². The molecule has 0 fully saturated rings. The number of H-pyrrole nitrogens is 1. The van der Waals surface area contributed by atoms with E-state index in [1.165, 1.54) is 4.57 Å². The smallest absolute Gasteiger partial charge is 0.330 e. The summed E-state index contributed by atoms with van der Waals surface area (Å²) in [6.07, 6.45) is 1.74. The third-order valence-corrected chi connectivity index (χ3v) is 4.64. The first-order valence-corrected chi connectivity index (χ1v) is 8.17. The molecule has 0 aromatic carbocycles. The lowest BCUT2D eigenvalue weighted by Crippen LogP contribution is -2.31. The molecule has 0 spiro atoms. The number of nitrogens with zero attached hydrogens (tertiary/aromatic N) is 5. The topological polar surface area (TPSA) is 101 Å². The van der Waals surface area contributed by atoms with Crippen LogP contribution in [0.4, 0.5) is 0 Å². The molecule has 0 aliphatic heterocycles. The first kappa shape index (κ1) is 16.8. The summed E-state index contributed by atoms with van der Waals surface area (Å²) in [7, 11) is 3.55. The molecule has 25 heavy (non-hydrogen) atoms. The Kier molecular flexibility index (Phi) is 4.08. The van der Waals surface area contributed by atoms with Crippen molar-refractivity contribution in [2.75, 3.05) is 0 Å². The second-order valence-electron chi connectivity index (χ2n) is 6.13. The number of hydrogen-bond donors (Lipinski definition) is 1. The first-order valence-electron chi connectivity index (χ1n) is 8.17. The summed E-state index contributed by atoms with van der Waals surface area (Å²) in [5.41, 5.74) is 1.98. The van der Waals surface area contributed by atoms with Gasteiger partial charge < -0.3 is 9.13 Å². The van der Waals surface area contributed by atoms with Crippen molar-refractivity contribution in [2.45, 2.75) is 33.2 Å². The lowest BCUT2D eigenvalue weighted by molar-refractivity contribution is 0.613. The van der Waals surface area contributed by atoms with Crippen LogP contribution < -0.4 is 11.2 Å². The maximum absolute atomic E-state index is 12.3. The van der Waals surface area contributed by atoms with Gasteiger partial charge in [0.1, 0.15) is 17.6 Å². The maximum Gasteiger partial charge on any atom is 0.330 e. The standard InChI is InChI=1S/C17H20N6O2/c1-5-6-7-23-15-13(16(24)20-17(23)25)22(4)14(19-15)12-8-11(9-18)21(3)10(12)2/h8H,5-7H2,1-4H3,(H,20,24,25). The fourth-order valence-corrected chi connectivity index (χ4v) is 3.04. The molecule has 3 rings (SSSR count). The number of rotatable bonds is 4. The minimum Gasteiger partial charge on any atom is -0.339 e. The molecule has 8 nitrogen and oxygen atoms in total. The Morgan fingerprint density at radius 2 is 2.00 bits per heavy atom. The highest BCUT2D eigenvalue weighted by molar-refractivity contribution is 5.78. The van der Waals surface area contributed by atoms with Gasteiger partial charge in [-0.05, 0) is 19.4 Å². The Labute approximate surface area is 144 Å². The number of fused-ring (bicyclic) bond motifs is 1. The number of aryl methyl sites for hydroxylation is 2.